The number of thioether (sulfide) groups is 1. The molecule has 0 bridgehead atoms. The van der Waals surface area contributed by atoms with Crippen molar-refractivity contribution in [1.29, 1.82) is 0 Å². The van der Waals surface area contributed by atoms with Gasteiger partial charge in [0.1, 0.15) is 11.6 Å². The molecule has 0 spiro atoms. The summed E-state index contributed by atoms with van der Waals surface area (Å²) in [7, 11) is 0. The summed E-state index contributed by atoms with van der Waals surface area (Å²) in [5, 5.41) is 6.38. The summed E-state index contributed by atoms with van der Waals surface area (Å²) in [6.45, 7) is 0. The van der Waals surface area contributed by atoms with Crippen LogP contribution in [0.25, 0.3) is 22.0 Å². The van der Waals surface area contributed by atoms with Gasteiger partial charge in [0.2, 0.25) is 11.9 Å². The van der Waals surface area contributed by atoms with E-state index in [1.54, 1.807) is 23.9 Å². The van der Waals surface area contributed by atoms with Gasteiger partial charge in [0.15, 0.2) is 5.76 Å². The van der Waals surface area contributed by atoms with E-state index in [1.807, 2.05) is 48.7 Å². The number of aromatic nitrogens is 2. The number of imidazole rings is 1. The predicted molar refractivity (Wildman–Crippen MR) is 115 cm³/mol. The van der Waals surface area contributed by atoms with E-state index in [1.165, 1.54) is 0 Å². The van der Waals surface area contributed by atoms with Crippen molar-refractivity contribution in [3.63, 3.8) is 0 Å². The normalized spacial score (nSPS) is 12.2. The van der Waals surface area contributed by atoms with E-state index >= 15 is 0 Å². The van der Waals surface area contributed by atoms with Crippen LogP contribution in [0.4, 0.5) is 5.95 Å². The average Bonchev–Trinajstić information content (AvgIpc) is 3.34. The lowest BCUT2D eigenvalue weighted by Crippen LogP contribution is -2.44. The lowest BCUT2D eigenvalue weighted by Gasteiger charge is -2.16. The molecule has 3 N–H and O–H groups in total. The maximum Gasteiger partial charge on any atom is 0.287 e. The molecule has 0 radical (unpaired) electrons. The fraction of sp³-hybridized carbons (Fsp3) is 0.190. The highest BCUT2D eigenvalue weighted by molar-refractivity contribution is 7.98. The van der Waals surface area contributed by atoms with Gasteiger partial charge in [-0.3, -0.25) is 14.9 Å². The van der Waals surface area contributed by atoms with Gasteiger partial charge in [0.25, 0.3) is 5.91 Å². The predicted octanol–water partition coefficient (Wildman–Crippen LogP) is 3.80. The van der Waals surface area contributed by atoms with Crippen molar-refractivity contribution in [1.82, 2.24) is 15.3 Å². The van der Waals surface area contributed by atoms with E-state index in [0.29, 0.717) is 18.0 Å². The zero-order chi connectivity index (χ0) is 20.2. The fourth-order valence-electron chi connectivity index (χ4n) is 3.04. The first-order valence-corrected chi connectivity index (χ1v) is 10.6. The van der Waals surface area contributed by atoms with Crippen LogP contribution in [0.5, 0.6) is 0 Å². The molecule has 2 aromatic carbocycles. The van der Waals surface area contributed by atoms with Crippen molar-refractivity contribution in [2.75, 3.05) is 17.3 Å². The van der Waals surface area contributed by atoms with Crippen LogP contribution in [-0.2, 0) is 4.79 Å². The molecule has 0 unspecified atom stereocenters. The van der Waals surface area contributed by atoms with Crippen LogP contribution >= 0.6 is 11.8 Å². The van der Waals surface area contributed by atoms with E-state index in [2.05, 4.69) is 20.6 Å². The highest BCUT2D eigenvalue weighted by Gasteiger charge is 2.24. The minimum Gasteiger partial charge on any atom is -0.451 e. The summed E-state index contributed by atoms with van der Waals surface area (Å²) >= 11 is 1.61. The Morgan fingerprint density at radius 3 is 2.76 bits per heavy atom. The summed E-state index contributed by atoms with van der Waals surface area (Å²) in [5.41, 5.74) is 2.22. The quantitative estimate of drug-likeness (QED) is 0.432. The number of rotatable bonds is 7. The molecular weight excluding hydrogens is 388 g/mol. The van der Waals surface area contributed by atoms with Crippen LogP contribution < -0.4 is 10.6 Å². The molecule has 1 atom stereocenters. The van der Waals surface area contributed by atoms with Gasteiger partial charge in [-0.05, 0) is 42.7 Å². The molecule has 4 rings (SSSR count). The van der Waals surface area contributed by atoms with Crippen LogP contribution in [0.1, 0.15) is 17.0 Å². The van der Waals surface area contributed by atoms with Crippen molar-refractivity contribution in [3.8, 4) is 0 Å². The first-order chi connectivity index (χ1) is 14.1. The van der Waals surface area contributed by atoms with Gasteiger partial charge in [-0.2, -0.15) is 11.8 Å². The third-order valence-electron chi connectivity index (χ3n) is 4.51. The van der Waals surface area contributed by atoms with Crippen molar-refractivity contribution in [3.05, 3.63) is 60.4 Å². The largest absolute Gasteiger partial charge is 0.451 e. The Morgan fingerprint density at radius 1 is 1.17 bits per heavy atom. The number of hydrogen-bond donors (Lipinski definition) is 3. The first kappa shape index (κ1) is 19.1. The van der Waals surface area contributed by atoms with Crippen molar-refractivity contribution >= 4 is 51.5 Å². The van der Waals surface area contributed by atoms with Gasteiger partial charge in [-0.15, -0.1) is 0 Å². The van der Waals surface area contributed by atoms with Crippen molar-refractivity contribution in [2.45, 2.75) is 12.5 Å². The lowest BCUT2D eigenvalue weighted by molar-refractivity contribution is -0.118. The summed E-state index contributed by atoms with van der Waals surface area (Å²) < 4.78 is 5.61. The standard InChI is InChI=1S/C21H20N4O3S/c1-29-11-10-16(19(26)25-21-23-14-7-3-4-8-15(14)24-21)22-20(27)18-12-13-6-2-5-9-17(13)28-18/h2-9,12,16H,10-11H2,1H3,(H,22,27)(H2,23,24,25,26)/t16-/m0/s1. The number of anilines is 1. The average molecular weight is 408 g/mol. The van der Waals surface area contributed by atoms with Crippen LogP contribution in [0.2, 0.25) is 0 Å². The second kappa shape index (κ2) is 8.40. The zero-order valence-corrected chi connectivity index (χ0v) is 16.6. The van der Waals surface area contributed by atoms with Crippen LogP contribution in [0.15, 0.2) is 59.0 Å². The highest BCUT2D eigenvalue weighted by atomic mass is 32.2. The van der Waals surface area contributed by atoms with Crippen LogP contribution in [0.3, 0.4) is 0 Å². The summed E-state index contributed by atoms with van der Waals surface area (Å²) in [5.74, 6) is 0.494. The number of nitrogens with zero attached hydrogens (tertiary/aromatic N) is 1. The van der Waals surface area contributed by atoms with Gasteiger partial charge >= 0.3 is 0 Å². The van der Waals surface area contributed by atoms with E-state index in [0.717, 1.165) is 22.2 Å². The van der Waals surface area contributed by atoms with E-state index in [4.69, 9.17) is 4.42 Å². The SMILES string of the molecule is CSCC[C@H](NC(=O)c1cc2ccccc2o1)C(=O)Nc1nc2ccccc2[nH]1. The molecule has 148 valence electrons. The Balaban J connectivity index is 1.49. The molecule has 2 amide bonds. The lowest BCUT2D eigenvalue weighted by atomic mass is 10.2. The van der Waals surface area contributed by atoms with Crippen molar-refractivity contribution in [2.24, 2.45) is 0 Å². The molecule has 29 heavy (non-hydrogen) atoms. The molecular formula is C21H20N4O3S. The molecule has 2 heterocycles. The first-order valence-electron chi connectivity index (χ1n) is 9.18. The number of H-pyrrole nitrogens is 1. The summed E-state index contributed by atoms with van der Waals surface area (Å²) in [6, 6.07) is 15.9. The topological polar surface area (TPSA) is 100 Å². The molecule has 8 heteroatoms. The minimum atomic E-state index is -0.712. The highest BCUT2D eigenvalue weighted by Crippen LogP contribution is 2.19. The number of carbonyl (C=O) groups excluding carboxylic acids is 2. The van der Waals surface area contributed by atoms with Gasteiger partial charge in [0.05, 0.1) is 11.0 Å². The number of para-hydroxylation sites is 3. The maximum absolute atomic E-state index is 12.8. The van der Waals surface area contributed by atoms with Gasteiger partial charge in [-0.25, -0.2) is 4.98 Å². The second-order valence-corrected chi connectivity index (χ2v) is 7.53. The second-order valence-electron chi connectivity index (χ2n) is 6.55. The molecule has 0 saturated heterocycles. The fourth-order valence-corrected chi connectivity index (χ4v) is 3.51. The monoisotopic (exact) mass is 408 g/mol. The molecule has 0 aliphatic carbocycles. The number of benzene rings is 2. The van der Waals surface area contributed by atoms with E-state index in [9.17, 15) is 9.59 Å². The molecule has 2 aromatic heterocycles. The number of hydrogen-bond acceptors (Lipinski definition) is 5. The Morgan fingerprint density at radius 2 is 1.97 bits per heavy atom. The molecule has 0 saturated carbocycles. The number of carbonyl (C=O) groups is 2. The van der Waals surface area contributed by atoms with Gasteiger partial charge < -0.3 is 14.7 Å². The smallest absolute Gasteiger partial charge is 0.287 e. The van der Waals surface area contributed by atoms with E-state index in [-0.39, 0.29) is 11.7 Å². The summed E-state index contributed by atoms with van der Waals surface area (Å²) in [6.07, 6.45) is 2.44. The van der Waals surface area contributed by atoms with E-state index < -0.39 is 11.9 Å². The van der Waals surface area contributed by atoms with Crippen LogP contribution in [0, 0.1) is 0 Å². The van der Waals surface area contributed by atoms with Crippen molar-refractivity contribution < 1.29 is 14.0 Å². The Hall–Kier alpha value is -3.26. The molecule has 7 nitrogen and oxygen atoms in total. The maximum atomic E-state index is 12.8. The minimum absolute atomic E-state index is 0.178. The molecule has 4 aromatic rings. The number of nitrogens with one attached hydrogen (secondary N) is 3. The Kier molecular flexibility index (Phi) is 5.53. The molecule has 0 aliphatic rings. The third kappa shape index (κ3) is 4.27. The number of fused-ring (bicyclic) bond motifs is 2. The number of aromatic amines is 1. The Bertz CT molecular complexity index is 1100. The third-order valence-corrected chi connectivity index (χ3v) is 5.16. The molecule has 0 aliphatic heterocycles. The van der Waals surface area contributed by atoms with Crippen LogP contribution in [-0.4, -0.2) is 39.8 Å². The molecule has 0 fully saturated rings. The summed E-state index contributed by atoms with van der Waals surface area (Å²) in [4.78, 5) is 32.9. The van der Waals surface area contributed by atoms with Gasteiger partial charge in [0, 0.05) is 5.39 Å². The van der Waals surface area contributed by atoms with Gasteiger partial charge in [-0.1, -0.05) is 30.3 Å². The number of amides is 2. The Labute approximate surface area is 171 Å². The zero-order valence-electron chi connectivity index (χ0n) is 15.8. The number of furan rings is 1.